The van der Waals surface area contributed by atoms with E-state index in [1.165, 1.54) is 7.11 Å². The molecule has 5 heteroatoms. The fourth-order valence-corrected chi connectivity index (χ4v) is 2.04. The molecule has 0 atom stereocenters. The number of benzene rings is 1. The summed E-state index contributed by atoms with van der Waals surface area (Å²) >= 11 is 0. The molecule has 0 saturated heterocycles. The number of nitrogens with zero attached hydrogens (tertiary/aromatic N) is 1. The van der Waals surface area contributed by atoms with Gasteiger partial charge in [-0.1, -0.05) is 24.3 Å². The molecule has 0 bridgehead atoms. The number of aromatic nitrogens is 1. The summed E-state index contributed by atoms with van der Waals surface area (Å²) in [6.07, 6.45) is 0. The Bertz CT molecular complexity index is 673. The van der Waals surface area contributed by atoms with Crippen molar-refractivity contribution in [3.05, 3.63) is 53.2 Å². The van der Waals surface area contributed by atoms with Gasteiger partial charge in [0, 0.05) is 12.1 Å². The summed E-state index contributed by atoms with van der Waals surface area (Å²) < 4.78 is 4.77. The number of esters is 1. The lowest BCUT2D eigenvalue weighted by Crippen LogP contribution is -2.19. The molecular formula is C17H20N2O3. The molecule has 1 aromatic heterocycles. The Morgan fingerprint density at radius 2 is 1.91 bits per heavy atom. The van der Waals surface area contributed by atoms with E-state index < -0.39 is 11.6 Å². The molecule has 0 radical (unpaired) electrons. The van der Waals surface area contributed by atoms with Gasteiger partial charge in [-0.15, -0.1) is 0 Å². The summed E-state index contributed by atoms with van der Waals surface area (Å²) in [6, 6.07) is 10.8. The SMILES string of the molecule is COC(=O)c1cc(-c2ccc(CN)cc2)nc(C(C)(C)O)c1. The zero-order valence-corrected chi connectivity index (χ0v) is 13.0. The first-order chi connectivity index (χ1) is 10.3. The lowest BCUT2D eigenvalue weighted by atomic mass is 10.00. The van der Waals surface area contributed by atoms with E-state index in [4.69, 9.17) is 10.5 Å². The van der Waals surface area contributed by atoms with Crippen LogP contribution in [0.25, 0.3) is 11.3 Å². The van der Waals surface area contributed by atoms with Gasteiger partial charge in [-0.25, -0.2) is 9.78 Å². The van der Waals surface area contributed by atoms with Gasteiger partial charge < -0.3 is 15.6 Å². The van der Waals surface area contributed by atoms with Crippen molar-refractivity contribution < 1.29 is 14.6 Å². The van der Waals surface area contributed by atoms with Crippen LogP contribution in [0.1, 0.15) is 35.5 Å². The van der Waals surface area contributed by atoms with E-state index in [0.29, 0.717) is 23.5 Å². The maximum Gasteiger partial charge on any atom is 0.337 e. The van der Waals surface area contributed by atoms with E-state index in [0.717, 1.165) is 11.1 Å². The standard InChI is InChI=1S/C17H20N2O3/c1-17(2,21)15-9-13(16(20)22-3)8-14(19-15)12-6-4-11(10-18)5-7-12/h4-9,21H,10,18H2,1-3H3. The average Bonchev–Trinajstić information content (AvgIpc) is 2.53. The highest BCUT2D eigenvalue weighted by molar-refractivity contribution is 5.90. The van der Waals surface area contributed by atoms with Crippen molar-refractivity contribution in [2.75, 3.05) is 7.11 Å². The van der Waals surface area contributed by atoms with E-state index in [2.05, 4.69) is 4.98 Å². The number of ether oxygens (including phenoxy) is 1. The van der Waals surface area contributed by atoms with Crippen molar-refractivity contribution in [2.45, 2.75) is 26.0 Å². The smallest absolute Gasteiger partial charge is 0.337 e. The van der Waals surface area contributed by atoms with Crippen LogP contribution in [0, 0.1) is 0 Å². The highest BCUT2D eigenvalue weighted by atomic mass is 16.5. The molecule has 22 heavy (non-hydrogen) atoms. The molecule has 1 aromatic carbocycles. The van der Waals surface area contributed by atoms with E-state index in [1.54, 1.807) is 26.0 Å². The van der Waals surface area contributed by atoms with Crippen molar-refractivity contribution in [3.63, 3.8) is 0 Å². The molecule has 2 aromatic rings. The number of aliphatic hydroxyl groups is 1. The number of hydrogen-bond acceptors (Lipinski definition) is 5. The summed E-state index contributed by atoms with van der Waals surface area (Å²) in [5.74, 6) is -0.465. The first kappa shape index (κ1) is 16.1. The second kappa shape index (κ2) is 6.25. The van der Waals surface area contributed by atoms with Crippen LogP contribution >= 0.6 is 0 Å². The normalized spacial score (nSPS) is 11.3. The van der Waals surface area contributed by atoms with E-state index in [9.17, 15) is 9.90 Å². The van der Waals surface area contributed by atoms with Gasteiger partial charge in [0.05, 0.1) is 24.1 Å². The number of nitrogens with two attached hydrogens (primary N) is 1. The molecule has 0 unspecified atom stereocenters. The first-order valence-corrected chi connectivity index (χ1v) is 6.98. The van der Waals surface area contributed by atoms with Gasteiger partial charge in [0.2, 0.25) is 0 Å². The molecule has 0 aliphatic heterocycles. The van der Waals surface area contributed by atoms with E-state index in [-0.39, 0.29) is 0 Å². The van der Waals surface area contributed by atoms with Gasteiger partial charge in [0.15, 0.2) is 0 Å². The largest absolute Gasteiger partial charge is 0.465 e. The highest BCUT2D eigenvalue weighted by Crippen LogP contribution is 2.25. The second-order valence-corrected chi connectivity index (χ2v) is 5.58. The Kier molecular flexibility index (Phi) is 4.59. The maximum absolute atomic E-state index is 11.8. The zero-order valence-electron chi connectivity index (χ0n) is 13.0. The summed E-state index contributed by atoms with van der Waals surface area (Å²) in [5.41, 5.74) is 7.65. The van der Waals surface area contributed by atoms with Gasteiger partial charge in [0.25, 0.3) is 0 Å². The molecule has 0 saturated carbocycles. The molecule has 2 rings (SSSR count). The minimum atomic E-state index is -1.16. The minimum absolute atomic E-state index is 0.354. The number of hydrogen-bond donors (Lipinski definition) is 2. The van der Waals surface area contributed by atoms with Gasteiger partial charge in [-0.05, 0) is 31.5 Å². The fraction of sp³-hybridized carbons (Fsp3) is 0.294. The molecule has 5 nitrogen and oxygen atoms in total. The van der Waals surface area contributed by atoms with Gasteiger partial charge in [0.1, 0.15) is 5.60 Å². The molecule has 0 amide bonds. The Morgan fingerprint density at radius 3 is 2.41 bits per heavy atom. The van der Waals surface area contributed by atoms with Crippen LogP contribution in [0.15, 0.2) is 36.4 Å². The number of carbonyl (C=O) groups excluding carboxylic acids is 1. The van der Waals surface area contributed by atoms with Crippen molar-refractivity contribution >= 4 is 5.97 Å². The van der Waals surface area contributed by atoms with Crippen LogP contribution in [-0.4, -0.2) is 23.2 Å². The Labute approximate surface area is 129 Å². The molecule has 0 fully saturated rings. The van der Waals surface area contributed by atoms with Crippen LogP contribution in [-0.2, 0) is 16.9 Å². The third-order valence-electron chi connectivity index (χ3n) is 3.36. The quantitative estimate of drug-likeness (QED) is 0.846. The predicted octanol–water partition coefficient (Wildman–Crippen LogP) is 2.22. The monoisotopic (exact) mass is 300 g/mol. The van der Waals surface area contributed by atoms with Crippen LogP contribution in [0.4, 0.5) is 0 Å². The van der Waals surface area contributed by atoms with Crippen LogP contribution in [0.3, 0.4) is 0 Å². The molecule has 3 N–H and O–H groups in total. The molecule has 116 valence electrons. The molecular weight excluding hydrogens is 280 g/mol. The van der Waals surface area contributed by atoms with Crippen molar-refractivity contribution in [3.8, 4) is 11.3 Å². The number of rotatable bonds is 4. The van der Waals surface area contributed by atoms with E-state index in [1.807, 2.05) is 24.3 Å². The Hall–Kier alpha value is -2.24. The van der Waals surface area contributed by atoms with Gasteiger partial charge in [-0.2, -0.15) is 0 Å². The van der Waals surface area contributed by atoms with E-state index >= 15 is 0 Å². The molecule has 0 aliphatic rings. The molecule has 0 aliphatic carbocycles. The van der Waals surface area contributed by atoms with Crippen LogP contribution < -0.4 is 5.73 Å². The number of carbonyl (C=O) groups is 1. The minimum Gasteiger partial charge on any atom is -0.465 e. The lowest BCUT2D eigenvalue weighted by Gasteiger charge is -2.18. The Morgan fingerprint density at radius 1 is 1.27 bits per heavy atom. The summed E-state index contributed by atoms with van der Waals surface area (Å²) in [6.45, 7) is 3.71. The second-order valence-electron chi connectivity index (χ2n) is 5.58. The van der Waals surface area contributed by atoms with Crippen molar-refractivity contribution in [1.82, 2.24) is 4.98 Å². The summed E-state index contributed by atoms with van der Waals surface area (Å²) in [4.78, 5) is 16.3. The molecule has 1 heterocycles. The maximum atomic E-state index is 11.8. The number of methoxy groups -OCH3 is 1. The van der Waals surface area contributed by atoms with Crippen molar-refractivity contribution in [2.24, 2.45) is 5.73 Å². The third-order valence-corrected chi connectivity index (χ3v) is 3.36. The summed E-state index contributed by atoms with van der Waals surface area (Å²) in [7, 11) is 1.32. The highest BCUT2D eigenvalue weighted by Gasteiger charge is 2.21. The predicted molar refractivity (Wildman–Crippen MR) is 84.1 cm³/mol. The topological polar surface area (TPSA) is 85.4 Å². The Balaban J connectivity index is 2.55. The zero-order chi connectivity index (χ0) is 16.3. The first-order valence-electron chi connectivity index (χ1n) is 6.98. The van der Waals surface area contributed by atoms with Gasteiger partial charge in [-0.3, -0.25) is 0 Å². The number of pyridine rings is 1. The van der Waals surface area contributed by atoms with Crippen LogP contribution in [0.2, 0.25) is 0 Å². The summed E-state index contributed by atoms with van der Waals surface area (Å²) in [5, 5.41) is 10.2. The molecule has 0 spiro atoms. The van der Waals surface area contributed by atoms with Crippen LogP contribution in [0.5, 0.6) is 0 Å². The lowest BCUT2D eigenvalue weighted by molar-refractivity contribution is 0.0597. The van der Waals surface area contributed by atoms with Crippen molar-refractivity contribution in [1.29, 1.82) is 0 Å². The fourth-order valence-electron chi connectivity index (χ4n) is 2.04. The van der Waals surface area contributed by atoms with Gasteiger partial charge >= 0.3 is 5.97 Å². The average molecular weight is 300 g/mol. The third kappa shape index (κ3) is 3.50.